The summed E-state index contributed by atoms with van der Waals surface area (Å²) in [5, 5.41) is 8.08. The van der Waals surface area contributed by atoms with Crippen LogP contribution in [0.5, 0.6) is 0 Å². The number of piperazine rings is 2. The fourth-order valence-corrected chi connectivity index (χ4v) is 4.24. The van der Waals surface area contributed by atoms with Crippen molar-refractivity contribution < 1.29 is 9.59 Å². The van der Waals surface area contributed by atoms with Crippen LogP contribution in [0, 0.1) is 6.92 Å². The maximum absolute atomic E-state index is 13.0. The van der Waals surface area contributed by atoms with Crippen molar-refractivity contribution in [3.8, 4) is 0 Å². The summed E-state index contributed by atoms with van der Waals surface area (Å²) in [6.07, 6.45) is 2.54. The summed E-state index contributed by atoms with van der Waals surface area (Å²) in [5.41, 5.74) is 3.17. The van der Waals surface area contributed by atoms with E-state index in [2.05, 4.69) is 28.4 Å². The van der Waals surface area contributed by atoms with Gasteiger partial charge in [0.15, 0.2) is 0 Å². The molecule has 2 aromatic rings. The molecule has 2 fully saturated rings. The molecule has 2 atom stereocenters. The van der Waals surface area contributed by atoms with Gasteiger partial charge >= 0.3 is 0 Å². The number of aryl methyl sites for hydroxylation is 2. The van der Waals surface area contributed by atoms with Crippen LogP contribution in [0.15, 0.2) is 30.5 Å². The Kier molecular flexibility index (Phi) is 5.61. The number of amides is 2. The molecular weight excluding hydrogens is 390 g/mol. The standard InChI is InChI=1S/C21H26ClN5O2/c1-3-26-12-16(14(2)24-26)11-25-8-9-27-19(13-25)20(28)23-18(21(27)29)10-15-4-6-17(22)7-5-15/h4-7,12,18-19H,3,8-11,13H2,1-2H3,(H,23,28)/t18-,19+/m0/s1. The smallest absolute Gasteiger partial charge is 0.246 e. The first kappa shape index (κ1) is 19.9. The normalized spacial score (nSPS) is 22.5. The Morgan fingerprint density at radius 3 is 2.66 bits per heavy atom. The lowest BCUT2D eigenvalue weighted by atomic mass is 9.98. The van der Waals surface area contributed by atoms with E-state index in [9.17, 15) is 9.59 Å². The van der Waals surface area contributed by atoms with Crippen LogP contribution < -0.4 is 5.32 Å². The first-order chi connectivity index (χ1) is 13.9. The molecular formula is C21H26ClN5O2. The van der Waals surface area contributed by atoms with Crippen LogP contribution in [-0.2, 0) is 29.1 Å². The zero-order valence-corrected chi connectivity index (χ0v) is 17.5. The molecule has 2 aliphatic heterocycles. The molecule has 1 N–H and O–H groups in total. The molecule has 0 radical (unpaired) electrons. The average Bonchev–Trinajstić information content (AvgIpc) is 3.07. The van der Waals surface area contributed by atoms with Gasteiger partial charge in [-0.15, -0.1) is 0 Å². The monoisotopic (exact) mass is 415 g/mol. The Balaban J connectivity index is 1.41. The first-order valence-corrected chi connectivity index (χ1v) is 10.4. The summed E-state index contributed by atoms with van der Waals surface area (Å²) in [6.45, 7) is 7.51. The number of nitrogens with one attached hydrogen (secondary N) is 1. The summed E-state index contributed by atoms with van der Waals surface area (Å²) in [5.74, 6) is -0.0755. The predicted octanol–water partition coefficient (Wildman–Crippen LogP) is 1.62. The topological polar surface area (TPSA) is 70.5 Å². The Morgan fingerprint density at radius 1 is 1.21 bits per heavy atom. The highest BCUT2D eigenvalue weighted by Gasteiger charge is 2.43. The van der Waals surface area contributed by atoms with E-state index in [4.69, 9.17) is 11.6 Å². The van der Waals surface area contributed by atoms with Gasteiger partial charge in [0.05, 0.1) is 5.69 Å². The van der Waals surface area contributed by atoms with Crippen molar-refractivity contribution in [2.45, 2.75) is 45.4 Å². The van der Waals surface area contributed by atoms with Gasteiger partial charge < -0.3 is 10.2 Å². The van der Waals surface area contributed by atoms with E-state index in [1.54, 1.807) is 17.0 Å². The third kappa shape index (κ3) is 4.16. The van der Waals surface area contributed by atoms with Crippen LogP contribution in [0.1, 0.15) is 23.7 Å². The van der Waals surface area contributed by atoms with E-state index in [-0.39, 0.29) is 11.8 Å². The lowest BCUT2D eigenvalue weighted by Gasteiger charge is -2.45. The molecule has 8 heteroatoms. The lowest BCUT2D eigenvalue weighted by molar-refractivity contribution is -0.153. The van der Waals surface area contributed by atoms with Crippen molar-refractivity contribution in [3.63, 3.8) is 0 Å². The number of carbonyl (C=O) groups excluding carboxylic acids is 2. The fraction of sp³-hybridized carbons (Fsp3) is 0.476. The van der Waals surface area contributed by atoms with Crippen LogP contribution >= 0.6 is 11.6 Å². The third-order valence-corrected chi connectivity index (χ3v) is 6.04. The van der Waals surface area contributed by atoms with Crippen LogP contribution in [0.25, 0.3) is 0 Å². The lowest BCUT2D eigenvalue weighted by Crippen LogP contribution is -2.69. The SMILES string of the molecule is CCn1cc(CN2CCN3C(=O)[C@H](Cc4ccc(Cl)cc4)NC(=O)[C@H]3C2)c(C)n1. The molecule has 154 valence electrons. The van der Waals surface area contributed by atoms with Gasteiger partial charge in [-0.2, -0.15) is 5.10 Å². The highest BCUT2D eigenvalue weighted by Crippen LogP contribution is 2.21. The number of hydrogen-bond donors (Lipinski definition) is 1. The number of halogens is 1. The quantitative estimate of drug-likeness (QED) is 0.805. The Hall–Kier alpha value is -2.38. The third-order valence-electron chi connectivity index (χ3n) is 5.78. The summed E-state index contributed by atoms with van der Waals surface area (Å²) in [6, 6.07) is 6.44. The molecule has 2 saturated heterocycles. The number of aromatic nitrogens is 2. The van der Waals surface area contributed by atoms with E-state index in [1.807, 2.05) is 23.7 Å². The van der Waals surface area contributed by atoms with Gasteiger partial charge in [0.25, 0.3) is 0 Å². The second-order valence-electron chi connectivity index (χ2n) is 7.77. The van der Waals surface area contributed by atoms with Gasteiger partial charge in [-0.25, -0.2) is 0 Å². The molecule has 0 bridgehead atoms. The zero-order valence-electron chi connectivity index (χ0n) is 16.8. The maximum atomic E-state index is 13.0. The number of fused-ring (bicyclic) bond motifs is 1. The molecule has 0 spiro atoms. The molecule has 1 aromatic carbocycles. The van der Waals surface area contributed by atoms with E-state index in [0.717, 1.165) is 30.9 Å². The minimum Gasteiger partial charge on any atom is -0.342 e. The van der Waals surface area contributed by atoms with Crippen molar-refractivity contribution in [1.29, 1.82) is 0 Å². The predicted molar refractivity (Wildman–Crippen MR) is 111 cm³/mol. The highest BCUT2D eigenvalue weighted by atomic mass is 35.5. The number of hydrogen-bond acceptors (Lipinski definition) is 4. The molecule has 29 heavy (non-hydrogen) atoms. The maximum Gasteiger partial charge on any atom is 0.246 e. The number of nitrogens with zero attached hydrogens (tertiary/aromatic N) is 4. The molecule has 3 heterocycles. The van der Waals surface area contributed by atoms with Gasteiger partial charge in [-0.3, -0.25) is 19.2 Å². The van der Waals surface area contributed by atoms with E-state index in [0.29, 0.717) is 24.5 Å². The van der Waals surface area contributed by atoms with Gasteiger partial charge in [-0.1, -0.05) is 23.7 Å². The molecule has 2 aliphatic rings. The van der Waals surface area contributed by atoms with Gasteiger partial charge in [0, 0.05) is 55.9 Å². The molecule has 0 saturated carbocycles. The highest BCUT2D eigenvalue weighted by molar-refractivity contribution is 6.30. The minimum absolute atomic E-state index is 0.000756. The zero-order chi connectivity index (χ0) is 20.5. The van der Waals surface area contributed by atoms with Crippen molar-refractivity contribution in [1.82, 2.24) is 24.9 Å². The van der Waals surface area contributed by atoms with Crippen LogP contribution in [-0.4, -0.2) is 63.1 Å². The first-order valence-electron chi connectivity index (χ1n) is 10.0. The number of benzene rings is 1. The summed E-state index contributed by atoms with van der Waals surface area (Å²) in [7, 11) is 0. The Bertz CT molecular complexity index is 910. The summed E-state index contributed by atoms with van der Waals surface area (Å²) < 4.78 is 1.93. The van der Waals surface area contributed by atoms with Crippen molar-refractivity contribution >= 4 is 23.4 Å². The van der Waals surface area contributed by atoms with Crippen molar-refractivity contribution in [2.24, 2.45) is 0 Å². The largest absolute Gasteiger partial charge is 0.342 e. The Morgan fingerprint density at radius 2 is 1.97 bits per heavy atom. The average molecular weight is 416 g/mol. The Labute approximate surface area is 175 Å². The van der Waals surface area contributed by atoms with Crippen LogP contribution in [0.2, 0.25) is 5.02 Å². The van der Waals surface area contributed by atoms with E-state index < -0.39 is 12.1 Å². The number of carbonyl (C=O) groups is 2. The van der Waals surface area contributed by atoms with Crippen LogP contribution in [0.3, 0.4) is 0 Å². The second kappa shape index (κ2) is 8.16. The number of rotatable bonds is 5. The van der Waals surface area contributed by atoms with Gasteiger partial charge in [0.1, 0.15) is 12.1 Å². The van der Waals surface area contributed by atoms with Gasteiger partial charge in [-0.05, 0) is 31.5 Å². The summed E-state index contributed by atoms with van der Waals surface area (Å²) in [4.78, 5) is 29.7. The molecule has 0 aliphatic carbocycles. The fourth-order valence-electron chi connectivity index (χ4n) is 4.11. The van der Waals surface area contributed by atoms with Crippen molar-refractivity contribution in [3.05, 3.63) is 52.3 Å². The molecule has 2 amide bonds. The minimum atomic E-state index is -0.517. The van der Waals surface area contributed by atoms with Crippen molar-refractivity contribution in [2.75, 3.05) is 19.6 Å². The molecule has 7 nitrogen and oxygen atoms in total. The summed E-state index contributed by atoms with van der Waals surface area (Å²) >= 11 is 5.93. The van der Waals surface area contributed by atoms with Crippen LogP contribution in [0.4, 0.5) is 0 Å². The van der Waals surface area contributed by atoms with Gasteiger partial charge in [0.2, 0.25) is 11.8 Å². The molecule has 1 aromatic heterocycles. The van der Waals surface area contributed by atoms with E-state index in [1.165, 1.54) is 5.56 Å². The molecule has 0 unspecified atom stereocenters. The molecule has 4 rings (SSSR count). The van der Waals surface area contributed by atoms with E-state index >= 15 is 0 Å². The second-order valence-corrected chi connectivity index (χ2v) is 8.21.